The molecule has 2 rings (SSSR count). The van der Waals surface area contributed by atoms with Gasteiger partial charge in [0, 0.05) is 7.05 Å². The quantitative estimate of drug-likeness (QED) is 0.917. The van der Waals surface area contributed by atoms with Crippen molar-refractivity contribution in [3.8, 4) is 0 Å². The van der Waals surface area contributed by atoms with E-state index in [9.17, 15) is 17.9 Å². The van der Waals surface area contributed by atoms with Gasteiger partial charge in [0.05, 0.1) is 18.0 Å². The van der Waals surface area contributed by atoms with Crippen LogP contribution in [0, 0.1) is 12.7 Å². The maximum atomic E-state index is 13.3. The van der Waals surface area contributed by atoms with Gasteiger partial charge in [-0.3, -0.25) is 0 Å². The molecular weight excluding hydrogens is 297 g/mol. The Morgan fingerprint density at radius 1 is 1.29 bits per heavy atom. The van der Waals surface area contributed by atoms with Gasteiger partial charge in [0.1, 0.15) is 17.3 Å². The van der Waals surface area contributed by atoms with E-state index in [0.29, 0.717) is 11.5 Å². The molecule has 0 aliphatic rings. The van der Waals surface area contributed by atoms with Crippen LogP contribution < -0.4 is 0 Å². The number of aryl methyl sites for hydroxylation is 1. The lowest BCUT2D eigenvalue weighted by Crippen LogP contribution is -2.27. The first kappa shape index (κ1) is 15.7. The van der Waals surface area contributed by atoms with Gasteiger partial charge in [-0.15, -0.1) is 0 Å². The maximum absolute atomic E-state index is 13.3. The number of aliphatic hydroxyl groups excluding tert-OH is 1. The largest absolute Gasteiger partial charge is 0.465 e. The third-order valence-electron chi connectivity index (χ3n) is 3.06. The molecule has 2 aromatic rings. The molecule has 0 aliphatic carbocycles. The Hall–Kier alpha value is -1.70. The highest BCUT2D eigenvalue weighted by molar-refractivity contribution is 7.89. The molecule has 1 aromatic heterocycles. The molecule has 0 radical (unpaired) electrons. The van der Waals surface area contributed by atoms with Crippen molar-refractivity contribution in [1.82, 2.24) is 4.31 Å². The van der Waals surface area contributed by atoms with Gasteiger partial charge in [-0.25, -0.2) is 12.8 Å². The zero-order valence-electron chi connectivity index (χ0n) is 11.7. The molecule has 21 heavy (non-hydrogen) atoms. The summed E-state index contributed by atoms with van der Waals surface area (Å²) in [6, 6.07) is 6.69. The topological polar surface area (TPSA) is 70.8 Å². The molecule has 0 atom stereocenters. The van der Waals surface area contributed by atoms with Crippen LogP contribution in [0.3, 0.4) is 0 Å². The summed E-state index contributed by atoms with van der Waals surface area (Å²) in [5.41, 5.74) is 0.152. The molecule has 0 saturated carbocycles. The average molecular weight is 313 g/mol. The Morgan fingerprint density at radius 2 is 2.00 bits per heavy atom. The van der Waals surface area contributed by atoms with Crippen LogP contribution in [0.5, 0.6) is 0 Å². The summed E-state index contributed by atoms with van der Waals surface area (Å²) >= 11 is 0. The SMILES string of the molecule is Cc1ccc(CN(C)S(=O)(=O)c2cc(F)ccc2CO)o1. The minimum atomic E-state index is -3.92. The fourth-order valence-corrected chi connectivity index (χ4v) is 3.30. The second-order valence-electron chi connectivity index (χ2n) is 4.68. The Kier molecular flexibility index (Phi) is 4.46. The molecule has 0 bridgehead atoms. The van der Waals surface area contributed by atoms with E-state index in [0.717, 1.165) is 16.4 Å². The van der Waals surface area contributed by atoms with Crippen molar-refractivity contribution in [2.45, 2.75) is 25.0 Å². The second kappa shape index (κ2) is 5.97. The Balaban J connectivity index is 2.35. The van der Waals surface area contributed by atoms with Crippen LogP contribution in [0.1, 0.15) is 17.1 Å². The molecule has 0 amide bonds. The molecule has 1 N–H and O–H groups in total. The van der Waals surface area contributed by atoms with Gasteiger partial charge in [-0.05, 0) is 36.8 Å². The van der Waals surface area contributed by atoms with E-state index in [1.54, 1.807) is 19.1 Å². The number of aliphatic hydroxyl groups is 1. The molecule has 7 heteroatoms. The van der Waals surface area contributed by atoms with Crippen molar-refractivity contribution in [2.24, 2.45) is 0 Å². The monoisotopic (exact) mass is 313 g/mol. The van der Waals surface area contributed by atoms with Gasteiger partial charge in [0.2, 0.25) is 10.0 Å². The number of benzene rings is 1. The van der Waals surface area contributed by atoms with E-state index >= 15 is 0 Å². The third-order valence-corrected chi connectivity index (χ3v) is 4.95. The average Bonchev–Trinajstić information content (AvgIpc) is 2.84. The van der Waals surface area contributed by atoms with Crippen LogP contribution in [-0.2, 0) is 23.2 Å². The lowest BCUT2D eigenvalue weighted by atomic mass is 10.2. The van der Waals surface area contributed by atoms with Crippen LogP contribution in [0.25, 0.3) is 0 Å². The number of rotatable bonds is 5. The fraction of sp³-hybridized carbons (Fsp3) is 0.286. The van der Waals surface area contributed by atoms with Crippen LogP contribution >= 0.6 is 0 Å². The molecule has 5 nitrogen and oxygen atoms in total. The number of hydrogen-bond acceptors (Lipinski definition) is 4. The van der Waals surface area contributed by atoms with Crippen molar-refractivity contribution in [3.05, 3.63) is 53.2 Å². The van der Waals surface area contributed by atoms with Crippen LogP contribution in [0.15, 0.2) is 39.6 Å². The predicted octanol–water partition coefficient (Wildman–Crippen LogP) is 2.04. The van der Waals surface area contributed by atoms with Gasteiger partial charge < -0.3 is 9.52 Å². The number of halogens is 1. The molecule has 0 aliphatic heterocycles. The van der Waals surface area contributed by atoms with Crippen molar-refractivity contribution in [3.63, 3.8) is 0 Å². The van der Waals surface area contributed by atoms with Gasteiger partial charge in [-0.2, -0.15) is 4.31 Å². The van der Waals surface area contributed by atoms with Crippen molar-refractivity contribution >= 4 is 10.0 Å². The number of nitrogens with zero attached hydrogens (tertiary/aromatic N) is 1. The van der Waals surface area contributed by atoms with Gasteiger partial charge in [0.25, 0.3) is 0 Å². The summed E-state index contributed by atoms with van der Waals surface area (Å²) in [5, 5.41) is 9.22. The highest BCUT2D eigenvalue weighted by Crippen LogP contribution is 2.22. The second-order valence-corrected chi connectivity index (χ2v) is 6.70. The number of furan rings is 1. The fourth-order valence-electron chi connectivity index (χ4n) is 1.94. The summed E-state index contributed by atoms with van der Waals surface area (Å²) in [7, 11) is -2.55. The highest BCUT2D eigenvalue weighted by Gasteiger charge is 2.25. The zero-order valence-corrected chi connectivity index (χ0v) is 12.5. The standard InChI is InChI=1S/C14H16FNO4S/c1-10-3-6-13(20-10)8-16(2)21(18,19)14-7-12(15)5-4-11(14)9-17/h3-7,17H,8-9H2,1-2H3. The van der Waals surface area contributed by atoms with Crippen molar-refractivity contribution in [2.75, 3.05) is 7.05 Å². The summed E-state index contributed by atoms with van der Waals surface area (Å²) in [6.45, 7) is 1.30. The van der Waals surface area contributed by atoms with Crippen LogP contribution in [0.2, 0.25) is 0 Å². The molecular formula is C14H16FNO4S. The lowest BCUT2D eigenvalue weighted by molar-refractivity contribution is 0.277. The Bertz CT molecular complexity index is 739. The minimum Gasteiger partial charge on any atom is -0.465 e. The van der Waals surface area contributed by atoms with Crippen LogP contribution in [0.4, 0.5) is 4.39 Å². The number of sulfonamides is 1. The first-order chi connectivity index (χ1) is 9.84. The van der Waals surface area contributed by atoms with E-state index in [2.05, 4.69) is 0 Å². The van der Waals surface area contributed by atoms with Gasteiger partial charge in [0.15, 0.2) is 0 Å². The predicted molar refractivity (Wildman–Crippen MR) is 74.4 cm³/mol. The van der Waals surface area contributed by atoms with Crippen molar-refractivity contribution < 1.29 is 22.3 Å². The summed E-state index contributed by atoms with van der Waals surface area (Å²) in [6.07, 6.45) is 0. The normalized spacial score (nSPS) is 12.0. The smallest absolute Gasteiger partial charge is 0.243 e. The molecule has 0 spiro atoms. The molecule has 1 heterocycles. The third kappa shape index (κ3) is 3.31. The Labute approximate surface area is 122 Å². The van der Waals surface area contributed by atoms with E-state index in [4.69, 9.17) is 4.42 Å². The lowest BCUT2D eigenvalue weighted by Gasteiger charge is -2.18. The summed E-state index contributed by atoms with van der Waals surface area (Å²) in [4.78, 5) is -0.240. The number of hydrogen-bond donors (Lipinski definition) is 1. The van der Waals surface area contributed by atoms with Crippen LogP contribution in [-0.4, -0.2) is 24.9 Å². The van der Waals surface area contributed by atoms with E-state index in [-0.39, 0.29) is 17.0 Å². The summed E-state index contributed by atoms with van der Waals surface area (Å²) in [5.74, 6) is 0.492. The Morgan fingerprint density at radius 3 is 2.57 bits per heavy atom. The van der Waals surface area contributed by atoms with Gasteiger partial charge >= 0.3 is 0 Å². The summed E-state index contributed by atoms with van der Waals surface area (Å²) < 4.78 is 44.7. The van der Waals surface area contributed by atoms with E-state index < -0.39 is 22.4 Å². The molecule has 0 fully saturated rings. The molecule has 1 aromatic carbocycles. The zero-order chi connectivity index (χ0) is 15.6. The van der Waals surface area contributed by atoms with E-state index in [1.807, 2.05) is 0 Å². The van der Waals surface area contributed by atoms with Gasteiger partial charge in [-0.1, -0.05) is 6.07 Å². The van der Waals surface area contributed by atoms with E-state index in [1.165, 1.54) is 13.1 Å². The molecule has 0 saturated heterocycles. The molecule has 0 unspecified atom stereocenters. The maximum Gasteiger partial charge on any atom is 0.243 e. The highest BCUT2D eigenvalue weighted by atomic mass is 32.2. The molecule has 114 valence electrons. The minimum absolute atomic E-state index is 0.0254. The first-order valence-electron chi connectivity index (χ1n) is 6.25. The van der Waals surface area contributed by atoms with Crippen molar-refractivity contribution in [1.29, 1.82) is 0 Å². The first-order valence-corrected chi connectivity index (χ1v) is 7.69.